The zero-order valence-electron chi connectivity index (χ0n) is 14.2. The fraction of sp³-hybridized carbons (Fsp3) is 0.368. The van der Waals surface area contributed by atoms with Gasteiger partial charge in [0.05, 0.1) is 5.56 Å². The van der Waals surface area contributed by atoms with E-state index in [4.69, 9.17) is 5.73 Å². The molecule has 1 aromatic carbocycles. The van der Waals surface area contributed by atoms with E-state index in [0.29, 0.717) is 22.0 Å². The molecule has 1 aromatic heterocycles. The maximum absolute atomic E-state index is 12.7. The Hall–Kier alpha value is -2.14. The summed E-state index contributed by atoms with van der Waals surface area (Å²) in [5.41, 5.74) is 9.70. The van der Waals surface area contributed by atoms with Gasteiger partial charge < -0.3 is 11.1 Å². The molecule has 5 heteroatoms. The second-order valence-electron chi connectivity index (χ2n) is 6.69. The Bertz CT molecular complexity index is 823. The van der Waals surface area contributed by atoms with Crippen molar-refractivity contribution in [2.45, 2.75) is 40.0 Å². The molecule has 2 amide bonds. The lowest BCUT2D eigenvalue weighted by atomic mass is 9.88. The van der Waals surface area contributed by atoms with Gasteiger partial charge in [-0.05, 0) is 56.2 Å². The van der Waals surface area contributed by atoms with Crippen LogP contribution in [0.2, 0.25) is 0 Å². The van der Waals surface area contributed by atoms with Crippen molar-refractivity contribution in [3.05, 3.63) is 50.9 Å². The van der Waals surface area contributed by atoms with Gasteiger partial charge in [-0.1, -0.05) is 24.6 Å². The fourth-order valence-electron chi connectivity index (χ4n) is 3.25. The number of hydrogen-bond acceptors (Lipinski definition) is 3. The third-order valence-electron chi connectivity index (χ3n) is 4.62. The molecule has 126 valence electrons. The third-order valence-corrected chi connectivity index (χ3v) is 5.79. The average molecular weight is 342 g/mol. The minimum Gasteiger partial charge on any atom is -0.365 e. The summed E-state index contributed by atoms with van der Waals surface area (Å²) in [6.45, 7) is 6.07. The quantitative estimate of drug-likeness (QED) is 0.889. The van der Waals surface area contributed by atoms with E-state index in [9.17, 15) is 9.59 Å². The number of amides is 2. The number of nitrogens with two attached hydrogens (primary N) is 1. The van der Waals surface area contributed by atoms with Crippen LogP contribution in [0, 0.1) is 19.8 Å². The van der Waals surface area contributed by atoms with E-state index in [1.165, 1.54) is 16.2 Å². The summed E-state index contributed by atoms with van der Waals surface area (Å²) in [5.74, 6) is -0.0527. The van der Waals surface area contributed by atoms with Crippen molar-refractivity contribution in [2.75, 3.05) is 5.32 Å². The summed E-state index contributed by atoms with van der Waals surface area (Å²) in [7, 11) is 0. The van der Waals surface area contributed by atoms with Crippen LogP contribution in [-0.2, 0) is 12.8 Å². The molecule has 1 atom stereocenters. The molecule has 0 spiro atoms. The van der Waals surface area contributed by atoms with Crippen LogP contribution < -0.4 is 11.1 Å². The van der Waals surface area contributed by atoms with E-state index >= 15 is 0 Å². The van der Waals surface area contributed by atoms with E-state index in [0.717, 1.165) is 36.0 Å². The van der Waals surface area contributed by atoms with Crippen LogP contribution in [0.5, 0.6) is 0 Å². The van der Waals surface area contributed by atoms with Crippen molar-refractivity contribution in [1.82, 2.24) is 0 Å². The normalized spacial score (nSPS) is 16.5. The van der Waals surface area contributed by atoms with Crippen molar-refractivity contribution in [3.63, 3.8) is 0 Å². The van der Waals surface area contributed by atoms with Crippen LogP contribution in [-0.4, -0.2) is 11.8 Å². The Morgan fingerprint density at radius 1 is 1.29 bits per heavy atom. The van der Waals surface area contributed by atoms with Crippen molar-refractivity contribution < 1.29 is 9.59 Å². The highest BCUT2D eigenvalue weighted by atomic mass is 32.1. The Balaban J connectivity index is 1.96. The smallest absolute Gasteiger partial charge is 0.256 e. The number of carbonyl (C=O) groups is 2. The van der Waals surface area contributed by atoms with Gasteiger partial charge >= 0.3 is 0 Å². The molecule has 0 aliphatic heterocycles. The van der Waals surface area contributed by atoms with Crippen molar-refractivity contribution in [1.29, 1.82) is 0 Å². The van der Waals surface area contributed by atoms with Crippen LogP contribution in [0.3, 0.4) is 0 Å². The number of aryl methyl sites for hydroxylation is 2. The Labute approximate surface area is 146 Å². The highest BCUT2D eigenvalue weighted by molar-refractivity contribution is 7.17. The molecular weight excluding hydrogens is 320 g/mol. The zero-order valence-corrected chi connectivity index (χ0v) is 15.0. The number of fused-ring (bicyclic) bond motifs is 1. The van der Waals surface area contributed by atoms with Gasteiger partial charge in [-0.2, -0.15) is 0 Å². The van der Waals surface area contributed by atoms with Crippen LogP contribution in [0.15, 0.2) is 18.2 Å². The van der Waals surface area contributed by atoms with Gasteiger partial charge in [0.25, 0.3) is 11.8 Å². The maximum atomic E-state index is 12.7. The molecule has 0 bridgehead atoms. The third kappa shape index (κ3) is 3.08. The zero-order chi connectivity index (χ0) is 17.4. The van der Waals surface area contributed by atoms with E-state index in [1.54, 1.807) is 0 Å². The first-order chi connectivity index (χ1) is 11.4. The van der Waals surface area contributed by atoms with Crippen LogP contribution in [0.25, 0.3) is 0 Å². The lowest BCUT2D eigenvalue weighted by Gasteiger charge is -2.18. The van der Waals surface area contributed by atoms with Gasteiger partial charge in [0.2, 0.25) is 0 Å². The van der Waals surface area contributed by atoms with Crippen molar-refractivity contribution in [2.24, 2.45) is 11.7 Å². The van der Waals surface area contributed by atoms with Gasteiger partial charge in [0.15, 0.2) is 0 Å². The first-order valence-electron chi connectivity index (χ1n) is 8.19. The van der Waals surface area contributed by atoms with E-state index in [-0.39, 0.29) is 5.91 Å². The first kappa shape index (κ1) is 16.7. The number of benzene rings is 1. The molecule has 1 heterocycles. The number of nitrogens with one attached hydrogen (secondary N) is 1. The molecule has 2 aromatic rings. The van der Waals surface area contributed by atoms with E-state index in [2.05, 4.69) is 12.2 Å². The summed E-state index contributed by atoms with van der Waals surface area (Å²) in [6, 6.07) is 5.77. The Morgan fingerprint density at radius 2 is 2.04 bits per heavy atom. The van der Waals surface area contributed by atoms with E-state index < -0.39 is 5.91 Å². The number of rotatable bonds is 3. The molecule has 1 aliphatic carbocycles. The lowest BCUT2D eigenvalue weighted by molar-refractivity contribution is 0.1000. The Morgan fingerprint density at radius 3 is 2.75 bits per heavy atom. The SMILES string of the molecule is Cc1ccc(C)c(C(=O)Nc2sc3c(c2C(N)=O)CC[C@@H](C)C3)c1. The molecule has 0 saturated heterocycles. The summed E-state index contributed by atoms with van der Waals surface area (Å²) in [5, 5.41) is 3.52. The number of hydrogen-bond donors (Lipinski definition) is 2. The molecule has 4 nitrogen and oxygen atoms in total. The van der Waals surface area contributed by atoms with Crippen LogP contribution >= 0.6 is 11.3 Å². The summed E-state index contributed by atoms with van der Waals surface area (Å²) < 4.78 is 0. The highest BCUT2D eigenvalue weighted by Gasteiger charge is 2.27. The minimum absolute atomic E-state index is 0.189. The maximum Gasteiger partial charge on any atom is 0.256 e. The number of thiophene rings is 1. The molecule has 0 saturated carbocycles. The number of anilines is 1. The van der Waals surface area contributed by atoms with E-state index in [1.807, 2.05) is 32.0 Å². The predicted molar refractivity (Wildman–Crippen MR) is 97.9 cm³/mol. The highest BCUT2D eigenvalue weighted by Crippen LogP contribution is 2.39. The molecule has 24 heavy (non-hydrogen) atoms. The van der Waals surface area contributed by atoms with Crippen LogP contribution in [0.4, 0.5) is 5.00 Å². The molecule has 3 N–H and O–H groups in total. The number of primary amides is 1. The minimum atomic E-state index is -0.460. The van der Waals surface area contributed by atoms with Gasteiger partial charge in [-0.25, -0.2) is 0 Å². The second-order valence-corrected chi connectivity index (χ2v) is 7.80. The largest absolute Gasteiger partial charge is 0.365 e. The standard InChI is InChI=1S/C19H22N2O2S/c1-10-4-6-12(3)14(8-10)18(23)21-19-16(17(20)22)13-7-5-11(2)9-15(13)24-19/h4,6,8,11H,5,7,9H2,1-3H3,(H2,20,22)(H,21,23)/t11-/m1/s1. The molecule has 1 aliphatic rings. The van der Waals surface area contributed by atoms with Crippen molar-refractivity contribution >= 4 is 28.2 Å². The van der Waals surface area contributed by atoms with Crippen molar-refractivity contribution in [3.8, 4) is 0 Å². The van der Waals surface area contributed by atoms with Gasteiger partial charge in [0, 0.05) is 10.4 Å². The average Bonchev–Trinajstić information content (AvgIpc) is 2.86. The van der Waals surface area contributed by atoms with Crippen LogP contribution in [0.1, 0.15) is 55.6 Å². The summed E-state index contributed by atoms with van der Waals surface area (Å²) in [4.78, 5) is 25.8. The topological polar surface area (TPSA) is 72.2 Å². The first-order valence-corrected chi connectivity index (χ1v) is 9.01. The second kappa shape index (κ2) is 6.40. The molecule has 3 rings (SSSR count). The summed E-state index contributed by atoms with van der Waals surface area (Å²) >= 11 is 1.49. The summed E-state index contributed by atoms with van der Waals surface area (Å²) in [6.07, 6.45) is 2.85. The van der Waals surface area contributed by atoms with Gasteiger partial charge in [-0.3, -0.25) is 9.59 Å². The Kier molecular flexibility index (Phi) is 4.45. The lowest BCUT2D eigenvalue weighted by Crippen LogP contribution is -2.19. The van der Waals surface area contributed by atoms with Gasteiger partial charge in [0.1, 0.15) is 5.00 Å². The molecule has 0 fully saturated rings. The molecule has 0 unspecified atom stereocenters. The monoisotopic (exact) mass is 342 g/mol. The number of carbonyl (C=O) groups excluding carboxylic acids is 2. The van der Waals surface area contributed by atoms with Gasteiger partial charge in [-0.15, -0.1) is 11.3 Å². The predicted octanol–water partition coefficient (Wildman–Crippen LogP) is 3.84. The molecular formula is C19H22N2O2S. The fourth-order valence-corrected chi connectivity index (χ4v) is 4.66. The molecule has 0 radical (unpaired) electrons.